The van der Waals surface area contributed by atoms with E-state index in [1.807, 2.05) is 18.2 Å². The van der Waals surface area contributed by atoms with Gasteiger partial charge in [0.25, 0.3) is 5.91 Å². The predicted octanol–water partition coefficient (Wildman–Crippen LogP) is 2.15. The number of carbonyl (C=O) groups excluding carboxylic acids is 1. The summed E-state index contributed by atoms with van der Waals surface area (Å²) < 4.78 is 21.3. The lowest BCUT2D eigenvalue weighted by Crippen LogP contribution is -2.32. The Labute approximate surface area is 152 Å². The van der Waals surface area contributed by atoms with E-state index in [0.717, 1.165) is 0 Å². The molecule has 0 atom stereocenters. The molecule has 0 spiro atoms. The van der Waals surface area contributed by atoms with E-state index in [-0.39, 0.29) is 12.5 Å². The standard InChI is InChI=1S/C19H20N2O5/c1-23-15-5-3-4-6-16(15)25-10-9-21-19(22)13-26-17-8-7-14(12-20)11-18(17)24-2/h3-8,11H,9-10,13H2,1-2H3,(H,21,22). The third-order valence-electron chi connectivity index (χ3n) is 3.40. The quantitative estimate of drug-likeness (QED) is 0.693. The molecule has 0 saturated heterocycles. The summed E-state index contributed by atoms with van der Waals surface area (Å²) in [6.07, 6.45) is 0. The number of hydrogen-bond donors (Lipinski definition) is 1. The molecule has 2 aromatic carbocycles. The summed E-state index contributed by atoms with van der Waals surface area (Å²) in [5.41, 5.74) is 0.451. The Balaban J connectivity index is 1.75. The first-order valence-corrected chi connectivity index (χ1v) is 7.91. The van der Waals surface area contributed by atoms with Crippen LogP contribution in [0.2, 0.25) is 0 Å². The summed E-state index contributed by atoms with van der Waals surface area (Å²) in [5, 5.41) is 11.6. The molecular formula is C19H20N2O5. The van der Waals surface area contributed by atoms with E-state index < -0.39 is 0 Å². The first kappa shape index (κ1) is 18.9. The van der Waals surface area contributed by atoms with E-state index in [0.29, 0.717) is 41.7 Å². The van der Waals surface area contributed by atoms with Crippen molar-refractivity contribution in [2.24, 2.45) is 0 Å². The van der Waals surface area contributed by atoms with Crippen LogP contribution in [0.5, 0.6) is 23.0 Å². The number of nitriles is 1. The summed E-state index contributed by atoms with van der Waals surface area (Å²) in [6.45, 7) is 0.452. The van der Waals surface area contributed by atoms with Crippen molar-refractivity contribution in [2.45, 2.75) is 0 Å². The topological polar surface area (TPSA) is 89.8 Å². The number of benzene rings is 2. The molecule has 0 heterocycles. The maximum absolute atomic E-state index is 11.9. The van der Waals surface area contributed by atoms with Crippen LogP contribution in [-0.2, 0) is 4.79 Å². The summed E-state index contributed by atoms with van der Waals surface area (Å²) in [7, 11) is 3.04. The van der Waals surface area contributed by atoms with Gasteiger partial charge in [-0.3, -0.25) is 4.79 Å². The molecule has 0 saturated carbocycles. The van der Waals surface area contributed by atoms with Crippen LogP contribution in [0.1, 0.15) is 5.56 Å². The molecule has 0 unspecified atom stereocenters. The first-order valence-electron chi connectivity index (χ1n) is 7.91. The molecule has 0 aliphatic rings. The normalized spacial score (nSPS) is 9.73. The Morgan fingerprint density at radius 2 is 1.69 bits per heavy atom. The number of nitrogens with zero attached hydrogens (tertiary/aromatic N) is 1. The number of carbonyl (C=O) groups is 1. The highest BCUT2D eigenvalue weighted by molar-refractivity contribution is 5.77. The second-order valence-electron chi connectivity index (χ2n) is 5.12. The minimum absolute atomic E-state index is 0.170. The number of nitrogens with one attached hydrogen (secondary N) is 1. The summed E-state index contributed by atoms with van der Waals surface area (Å²) in [6, 6.07) is 14.0. The number of para-hydroxylation sites is 2. The van der Waals surface area contributed by atoms with Crippen molar-refractivity contribution in [1.82, 2.24) is 5.32 Å². The molecule has 0 fully saturated rings. The van der Waals surface area contributed by atoms with Gasteiger partial charge in [-0.15, -0.1) is 0 Å². The molecule has 2 rings (SSSR count). The molecular weight excluding hydrogens is 336 g/mol. The number of amides is 1. The van der Waals surface area contributed by atoms with Crippen LogP contribution < -0.4 is 24.3 Å². The lowest BCUT2D eigenvalue weighted by atomic mass is 10.2. The molecule has 7 nitrogen and oxygen atoms in total. The van der Waals surface area contributed by atoms with Gasteiger partial charge in [0.1, 0.15) is 6.61 Å². The van der Waals surface area contributed by atoms with Crippen molar-refractivity contribution in [1.29, 1.82) is 5.26 Å². The monoisotopic (exact) mass is 356 g/mol. The molecule has 26 heavy (non-hydrogen) atoms. The van der Waals surface area contributed by atoms with E-state index in [1.165, 1.54) is 7.11 Å². The molecule has 7 heteroatoms. The van der Waals surface area contributed by atoms with Crippen LogP contribution in [0.3, 0.4) is 0 Å². The number of rotatable bonds is 9. The van der Waals surface area contributed by atoms with Crippen LogP contribution in [0.15, 0.2) is 42.5 Å². The van der Waals surface area contributed by atoms with Crippen molar-refractivity contribution < 1.29 is 23.7 Å². The average molecular weight is 356 g/mol. The highest BCUT2D eigenvalue weighted by Crippen LogP contribution is 2.27. The molecule has 1 amide bonds. The Hall–Kier alpha value is -3.40. The molecule has 0 radical (unpaired) electrons. The minimum Gasteiger partial charge on any atom is -0.493 e. The van der Waals surface area contributed by atoms with Crippen molar-refractivity contribution >= 4 is 5.91 Å². The van der Waals surface area contributed by atoms with Crippen molar-refractivity contribution in [3.8, 4) is 29.1 Å². The molecule has 2 aromatic rings. The van der Waals surface area contributed by atoms with Gasteiger partial charge in [-0.2, -0.15) is 5.26 Å². The molecule has 136 valence electrons. The van der Waals surface area contributed by atoms with Crippen LogP contribution >= 0.6 is 0 Å². The maximum atomic E-state index is 11.9. The van der Waals surface area contributed by atoms with Gasteiger partial charge in [0, 0.05) is 6.07 Å². The fraction of sp³-hybridized carbons (Fsp3) is 0.263. The maximum Gasteiger partial charge on any atom is 0.258 e. The summed E-state index contributed by atoms with van der Waals surface area (Å²) in [5.74, 6) is 1.75. The Morgan fingerprint density at radius 1 is 1.00 bits per heavy atom. The number of ether oxygens (including phenoxy) is 4. The zero-order valence-corrected chi connectivity index (χ0v) is 14.7. The van der Waals surface area contributed by atoms with Gasteiger partial charge in [0.15, 0.2) is 29.6 Å². The number of methoxy groups -OCH3 is 2. The van der Waals surface area contributed by atoms with Crippen LogP contribution in [0.25, 0.3) is 0 Å². The van der Waals surface area contributed by atoms with E-state index in [1.54, 1.807) is 37.4 Å². The fourth-order valence-electron chi connectivity index (χ4n) is 2.14. The lowest BCUT2D eigenvalue weighted by Gasteiger charge is -2.12. The minimum atomic E-state index is -0.292. The summed E-state index contributed by atoms with van der Waals surface area (Å²) >= 11 is 0. The third kappa shape index (κ3) is 5.31. The van der Waals surface area contributed by atoms with Gasteiger partial charge in [-0.25, -0.2) is 0 Å². The van der Waals surface area contributed by atoms with Gasteiger partial charge in [-0.05, 0) is 24.3 Å². The fourth-order valence-corrected chi connectivity index (χ4v) is 2.14. The van der Waals surface area contributed by atoms with Gasteiger partial charge in [0.2, 0.25) is 0 Å². The van der Waals surface area contributed by atoms with Gasteiger partial charge >= 0.3 is 0 Å². The highest BCUT2D eigenvalue weighted by atomic mass is 16.5. The summed E-state index contributed by atoms with van der Waals surface area (Å²) in [4.78, 5) is 11.9. The molecule has 0 bridgehead atoms. The average Bonchev–Trinajstić information content (AvgIpc) is 2.69. The van der Waals surface area contributed by atoms with E-state index in [4.69, 9.17) is 24.2 Å². The largest absolute Gasteiger partial charge is 0.493 e. The molecule has 0 aromatic heterocycles. The predicted molar refractivity (Wildman–Crippen MR) is 94.7 cm³/mol. The zero-order valence-electron chi connectivity index (χ0n) is 14.7. The first-order chi connectivity index (χ1) is 12.7. The third-order valence-corrected chi connectivity index (χ3v) is 3.40. The Morgan fingerprint density at radius 3 is 2.38 bits per heavy atom. The highest BCUT2D eigenvalue weighted by Gasteiger charge is 2.09. The van der Waals surface area contributed by atoms with E-state index in [9.17, 15) is 4.79 Å². The molecule has 0 aliphatic heterocycles. The van der Waals surface area contributed by atoms with Crippen LogP contribution in [0.4, 0.5) is 0 Å². The zero-order chi connectivity index (χ0) is 18.8. The van der Waals surface area contributed by atoms with Crippen molar-refractivity contribution in [3.63, 3.8) is 0 Å². The van der Waals surface area contributed by atoms with Crippen molar-refractivity contribution in [2.75, 3.05) is 34.0 Å². The van der Waals surface area contributed by atoms with Crippen molar-refractivity contribution in [3.05, 3.63) is 48.0 Å². The smallest absolute Gasteiger partial charge is 0.258 e. The van der Waals surface area contributed by atoms with E-state index in [2.05, 4.69) is 5.32 Å². The van der Waals surface area contributed by atoms with Gasteiger partial charge in [-0.1, -0.05) is 12.1 Å². The van der Waals surface area contributed by atoms with Gasteiger partial charge in [0.05, 0.1) is 32.4 Å². The number of hydrogen-bond acceptors (Lipinski definition) is 6. The second kappa shape index (κ2) is 9.79. The second-order valence-corrected chi connectivity index (χ2v) is 5.12. The lowest BCUT2D eigenvalue weighted by molar-refractivity contribution is -0.123. The van der Waals surface area contributed by atoms with E-state index >= 15 is 0 Å². The molecule has 0 aliphatic carbocycles. The van der Waals surface area contributed by atoms with Gasteiger partial charge < -0.3 is 24.3 Å². The Kier molecular flexibility index (Phi) is 7.13. The van der Waals surface area contributed by atoms with Crippen LogP contribution in [0, 0.1) is 11.3 Å². The van der Waals surface area contributed by atoms with Crippen LogP contribution in [-0.4, -0.2) is 39.9 Å². The molecule has 1 N–H and O–H groups in total. The SMILES string of the molecule is COc1ccccc1OCCNC(=O)COc1ccc(C#N)cc1OC. The Bertz CT molecular complexity index is 786.